The second kappa shape index (κ2) is 2.95. The molecule has 0 N–H and O–H groups in total. The maximum absolute atomic E-state index is 13.1. The van der Waals surface area contributed by atoms with Gasteiger partial charge in [0.1, 0.15) is 5.82 Å². The van der Waals surface area contributed by atoms with Gasteiger partial charge in [-0.1, -0.05) is 12.1 Å². The molecule has 0 aromatic heterocycles. The lowest BCUT2D eigenvalue weighted by atomic mass is 10.1. The summed E-state index contributed by atoms with van der Waals surface area (Å²) in [7, 11) is 0. The monoisotopic (exact) mass is 177 g/mol. The summed E-state index contributed by atoms with van der Waals surface area (Å²) < 4.78 is 13.1. The molecule has 1 fully saturated rings. The van der Waals surface area contributed by atoms with Gasteiger partial charge in [-0.15, -0.1) is 0 Å². The van der Waals surface area contributed by atoms with Crippen LogP contribution >= 0.6 is 0 Å². The molecule has 1 aliphatic rings. The summed E-state index contributed by atoms with van der Waals surface area (Å²) in [5.41, 5.74) is 1.58. The molecule has 67 valence electrons. The van der Waals surface area contributed by atoms with E-state index in [2.05, 4.69) is 0 Å². The van der Waals surface area contributed by atoms with Crippen molar-refractivity contribution in [2.75, 3.05) is 0 Å². The Labute approximate surface area is 76.6 Å². The van der Waals surface area contributed by atoms with Crippen LogP contribution in [0.4, 0.5) is 4.39 Å². The molecule has 2 unspecified atom stereocenters. The van der Waals surface area contributed by atoms with Crippen molar-refractivity contribution in [2.24, 2.45) is 5.92 Å². The highest BCUT2D eigenvalue weighted by Crippen LogP contribution is 2.46. The summed E-state index contributed by atoms with van der Waals surface area (Å²) in [4.78, 5) is 10.3. The van der Waals surface area contributed by atoms with Crippen molar-refractivity contribution in [3.63, 3.8) is 0 Å². The third kappa shape index (κ3) is 1.48. The minimum absolute atomic E-state index is 0.00195. The summed E-state index contributed by atoms with van der Waals surface area (Å²) >= 11 is 0. The van der Waals surface area contributed by atoms with Crippen LogP contribution in [0.25, 0.3) is 0 Å². The molecule has 0 bridgehead atoms. The zero-order valence-corrected chi connectivity index (χ0v) is 7.38. The van der Waals surface area contributed by atoms with Crippen LogP contribution in [0.15, 0.2) is 18.2 Å². The number of benzene rings is 1. The second-order valence-corrected chi connectivity index (χ2v) is 3.58. The van der Waals surface area contributed by atoms with Gasteiger partial charge < -0.3 is 0 Å². The molecule has 2 rings (SSSR count). The zero-order valence-electron chi connectivity index (χ0n) is 7.38. The van der Waals surface area contributed by atoms with Gasteiger partial charge in [0.15, 0.2) is 0 Å². The highest BCUT2D eigenvalue weighted by molar-refractivity contribution is 5.62. The number of carbonyl (C=O) groups excluding carboxylic acids is 1. The predicted octanol–water partition coefficient (Wildman–Crippen LogP) is 2.35. The average Bonchev–Trinajstić information content (AvgIpc) is 2.88. The molecule has 0 heterocycles. The molecule has 1 aliphatic carbocycles. The van der Waals surface area contributed by atoms with E-state index in [4.69, 9.17) is 0 Å². The van der Waals surface area contributed by atoms with E-state index in [-0.39, 0.29) is 17.7 Å². The molecule has 1 radical (unpaired) electrons. The van der Waals surface area contributed by atoms with Crippen molar-refractivity contribution in [3.05, 3.63) is 35.1 Å². The summed E-state index contributed by atoms with van der Waals surface area (Å²) in [6, 6.07) is 5.17. The normalized spacial score (nSPS) is 25.7. The second-order valence-electron chi connectivity index (χ2n) is 3.58. The van der Waals surface area contributed by atoms with Crippen molar-refractivity contribution < 1.29 is 9.18 Å². The van der Waals surface area contributed by atoms with Gasteiger partial charge in [-0.2, -0.15) is 0 Å². The van der Waals surface area contributed by atoms with Crippen molar-refractivity contribution in [3.8, 4) is 0 Å². The summed E-state index contributed by atoms with van der Waals surface area (Å²) in [6.45, 7) is 1.73. The maximum atomic E-state index is 13.1. The third-order valence-electron chi connectivity index (χ3n) is 2.57. The Morgan fingerprint density at radius 3 is 2.85 bits per heavy atom. The molecule has 1 aromatic carbocycles. The van der Waals surface area contributed by atoms with E-state index >= 15 is 0 Å². The van der Waals surface area contributed by atoms with E-state index in [1.54, 1.807) is 13.0 Å². The van der Waals surface area contributed by atoms with Gasteiger partial charge in [-0.3, -0.25) is 4.79 Å². The first-order valence-electron chi connectivity index (χ1n) is 4.36. The Balaban J connectivity index is 2.23. The highest BCUT2D eigenvalue weighted by atomic mass is 19.1. The molecular weight excluding hydrogens is 167 g/mol. The van der Waals surface area contributed by atoms with Gasteiger partial charge >= 0.3 is 0 Å². The average molecular weight is 177 g/mol. The van der Waals surface area contributed by atoms with E-state index in [9.17, 15) is 9.18 Å². The SMILES string of the molecule is Cc1ccc(C2CC2[C]=O)cc1F. The topological polar surface area (TPSA) is 17.1 Å². The van der Waals surface area contributed by atoms with Gasteiger partial charge in [0.25, 0.3) is 0 Å². The first-order valence-corrected chi connectivity index (χ1v) is 4.36. The quantitative estimate of drug-likeness (QED) is 0.677. The summed E-state index contributed by atoms with van der Waals surface area (Å²) in [5.74, 6) is 0.0313. The minimum atomic E-state index is -0.186. The van der Waals surface area contributed by atoms with Crippen molar-refractivity contribution >= 4 is 6.29 Å². The maximum Gasteiger partial charge on any atom is 0.202 e. The Hall–Kier alpha value is -1.18. The first-order chi connectivity index (χ1) is 6.22. The highest BCUT2D eigenvalue weighted by Gasteiger charge is 2.38. The number of rotatable bonds is 2. The van der Waals surface area contributed by atoms with Crippen molar-refractivity contribution in [2.45, 2.75) is 19.3 Å². The van der Waals surface area contributed by atoms with E-state index in [1.807, 2.05) is 12.4 Å². The van der Waals surface area contributed by atoms with Crippen LogP contribution in [0.2, 0.25) is 0 Å². The largest absolute Gasteiger partial charge is 0.291 e. The molecule has 2 atom stereocenters. The molecule has 1 aromatic rings. The smallest absolute Gasteiger partial charge is 0.202 e. The molecule has 0 spiro atoms. The van der Waals surface area contributed by atoms with Gasteiger partial charge in [-0.05, 0) is 36.5 Å². The molecule has 13 heavy (non-hydrogen) atoms. The van der Waals surface area contributed by atoms with Crippen molar-refractivity contribution in [1.29, 1.82) is 0 Å². The van der Waals surface area contributed by atoms with E-state index in [1.165, 1.54) is 6.07 Å². The molecule has 1 saturated carbocycles. The third-order valence-corrected chi connectivity index (χ3v) is 2.57. The fourth-order valence-electron chi connectivity index (χ4n) is 1.53. The van der Waals surface area contributed by atoms with Crippen LogP contribution in [0.1, 0.15) is 23.5 Å². The Morgan fingerprint density at radius 2 is 2.31 bits per heavy atom. The molecule has 0 aliphatic heterocycles. The lowest BCUT2D eigenvalue weighted by molar-refractivity contribution is 0.547. The van der Waals surface area contributed by atoms with Gasteiger partial charge in [0.2, 0.25) is 6.29 Å². The van der Waals surface area contributed by atoms with E-state index in [0.29, 0.717) is 5.56 Å². The van der Waals surface area contributed by atoms with Crippen LogP contribution in [0.3, 0.4) is 0 Å². The molecule has 0 amide bonds. The van der Waals surface area contributed by atoms with Crippen LogP contribution in [0, 0.1) is 18.7 Å². The van der Waals surface area contributed by atoms with Crippen molar-refractivity contribution in [1.82, 2.24) is 0 Å². The molecule has 2 heteroatoms. The molecular formula is C11H10FO. The Kier molecular flexibility index (Phi) is 1.91. The zero-order chi connectivity index (χ0) is 9.42. The van der Waals surface area contributed by atoms with Gasteiger partial charge in [0.05, 0.1) is 0 Å². The Bertz CT molecular complexity index is 346. The lowest BCUT2D eigenvalue weighted by Crippen LogP contribution is -1.88. The number of hydrogen-bond donors (Lipinski definition) is 0. The van der Waals surface area contributed by atoms with Crippen LogP contribution in [-0.2, 0) is 4.79 Å². The summed E-state index contributed by atoms with van der Waals surface area (Å²) in [5, 5.41) is 0. The number of aryl methyl sites for hydroxylation is 1. The first kappa shape index (κ1) is 8.42. The molecule has 1 nitrogen and oxygen atoms in total. The standard InChI is InChI=1S/C11H10FO/c1-7-2-3-8(5-11(7)12)10-4-9(10)6-13/h2-3,5,9-10H,4H2,1H3. The lowest BCUT2D eigenvalue weighted by Gasteiger charge is -2.00. The van der Waals surface area contributed by atoms with Crippen LogP contribution < -0.4 is 0 Å². The van der Waals surface area contributed by atoms with Crippen LogP contribution in [0.5, 0.6) is 0 Å². The minimum Gasteiger partial charge on any atom is -0.291 e. The molecule has 0 saturated heterocycles. The number of hydrogen-bond acceptors (Lipinski definition) is 1. The summed E-state index contributed by atoms with van der Waals surface area (Å²) in [6.07, 6.45) is 2.77. The number of halogens is 1. The fraction of sp³-hybridized carbons (Fsp3) is 0.364. The van der Waals surface area contributed by atoms with Crippen LogP contribution in [-0.4, -0.2) is 6.29 Å². The van der Waals surface area contributed by atoms with Gasteiger partial charge in [0, 0.05) is 5.92 Å². The van der Waals surface area contributed by atoms with E-state index < -0.39 is 0 Å². The fourth-order valence-corrected chi connectivity index (χ4v) is 1.53. The Morgan fingerprint density at radius 1 is 1.54 bits per heavy atom. The van der Waals surface area contributed by atoms with E-state index in [0.717, 1.165) is 12.0 Å². The predicted molar refractivity (Wildman–Crippen MR) is 47.7 cm³/mol. The van der Waals surface area contributed by atoms with Gasteiger partial charge in [-0.25, -0.2) is 4.39 Å².